The summed E-state index contributed by atoms with van der Waals surface area (Å²) < 4.78 is 3.76. The fraction of sp³-hybridized carbons (Fsp3) is 0.214. The molecule has 8 heteroatoms. The van der Waals surface area contributed by atoms with Gasteiger partial charge < -0.3 is 5.32 Å². The summed E-state index contributed by atoms with van der Waals surface area (Å²) in [5, 5.41) is 10.3. The second kappa shape index (κ2) is 9.30. The fourth-order valence-electron chi connectivity index (χ4n) is 4.01. The van der Waals surface area contributed by atoms with Crippen LogP contribution in [0.15, 0.2) is 79.4 Å². The molecule has 0 radical (unpaired) electrons. The number of nitrogens with zero attached hydrogens (tertiary/aromatic N) is 5. The first-order valence-corrected chi connectivity index (χ1v) is 11.8. The van der Waals surface area contributed by atoms with Crippen molar-refractivity contribution in [3.05, 3.63) is 90.6 Å². The van der Waals surface area contributed by atoms with Gasteiger partial charge in [0.2, 0.25) is 0 Å². The Hall–Kier alpha value is -4.46. The van der Waals surface area contributed by atoms with E-state index in [0.29, 0.717) is 12.4 Å². The van der Waals surface area contributed by atoms with E-state index >= 15 is 0 Å². The summed E-state index contributed by atoms with van der Waals surface area (Å²) in [6.07, 6.45) is 7.50. The molecule has 5 rings (SSSR count). The van der Waals surface area contributed by atoms with Crippen LogP contribution in [0.4, 0.5) is 10.6 Å². The van der Waals surface area contributed by atoms with E-state index < -0.39 is 0 Å². The number of rotatable bonds is 5. The largest absolute Gasteiger partial charge is 0.334 e. The zero-order valence-electron chi connectivity index (χ0n) is 20.9. The van der Waals surface area contributed by atoms with E-state index in [1.54, 1.807) is 17.1 Å². The van der Waals surface area contributed by atoms with Crippen LogP contribution < -0.4 is 10.6 Å². The quantitative estimate of drug-likeness (QED) is 0.352. The molecule has 36 heavy (non-hydrogen) atoms. The van der Waals surface area contributed by atoms with Gasteiger partial charge in [0.15, 0.2) is 0 Å². The maximum atomic E-state index is 12.4. The number of anilines is 1. The van der Waals surface area contributed by atoms with E-state index in [9.17, 15) is 4.79 Å². The van der Waals surface area contributed by atoms with Gasteiger partial charge in [0.05, 0.1) is 17.6 Å². The average Bonchev–Trinajstić information content (AvgIpc) is 3.47. The van der Waals surface area contributed by atoms with Crippen LogP contribution in [0.3, 0.4) is 0 Å². The van der Waals surface area contributed by atoms with Crippen molar-refractivity contribution < 1.29 is 4.79 Å². The predicted molar refractivity (Wildman–Crippen MR) is 142 cm³/mol. The number of benzene rings is 1. The summed E-state index contributed by atoms with van der Waals surface area (Å²) in [6, 6.07) is 17.9. The number of fused-ring (bicyclic) bond motifs is 1. The molecule has 0 saturated heterocycles. The van der Waals surface area contributed by atoms with Gasteiger partial charge in [-0.2, -0.15) is 5.10 Å². The van der Waals surface area contributed by atoms with Gasteiger partial charge >= 0.3 is 6.03 Å². The molecule has 4 heterocycles. The molecular formula is C28H29N7O. The number of imidazole rings is 1. The van der Waals surface area contributed by atoms with Gasteiger partial charge in [-0.05, 0) is 41.0 Å². The molecule has 0 aliphatic heterocycles. The van der Waals surface area contributed by atoms with E-state index in [4.69, 9.17) is 0 Å². The van der Waals surface area contributed by atoms with Crippen molar-refractivity contribution in [3.8, 4) is 22.4 Å². The number of aryl methyl sites for hydroxylation is 1. The Bertz CT molecular complexity index is 1510. The van der Waals surface area contributed by atoms with Gasteiger partial charge in [0, 0.05) is 49.2 Å². The van der Waals surface area contributed by atoms with Crippen LogP contribution >= 0.6 is 0 Å². The lowest BCUT2D eigenvalue weighted by atomic mass is 9.92. The normalized spacial score (nSPS) is 11.6. The third-order valence-electron chi connectivity index (χ3n) is 6.12. The maximum absolute atomic E-state index is 12.4. The molecule has 182 valence electrons. The first kappa shape index (κ1) is 23.3. The monoisotopic (exact) mass is 479 g/mol. The zero-order valence-corrected chi connectivity index (χ0v) is 20.9. The summed E-state index contributed by atoms with van der Waals surface area (Å²) in [4.78, 5) is 21.1. The Kier molecular flexibility index (Phi) is 6.01. The minimum Gasteiger partial charge on any atom is -0.334 e. The number of carbonyl (C=O) groups is 1. The molecule has 0 saturated carbocycles. The lowest BCUT2D eigenvalue weighted by Crippen LogP contribution is -2.29. The number of pyridine rings is 2. The Morgan fingerprint density at radius 1 is 0.944 bits per heavy atom. The van der Waals surface area contributed by atoms with Crippen LogP contribution in [-0.4, -0.2) is 30.2 Å². The van der Waals surface area contributed by atoms with Gasteiger partial charge in [-0.3, -0.25) is 19.4 Å². The van der Waals surface area contributed by atoms with Gasteiger partial charge in [-0.25, -0.2) is 9.78 Å². The highest BCUT2D eigenvalue weighted by molar-refractivity contribution is 5.88. The smallest absolute Gasteiger partial charge is 0.320 e. The molecule has 0 unspecified atom stereocenters. The van der Waals surface area contributed by atoms with E-state index in [0.717, 1.165) is 39.3 Å². The van der Waals surface area contributed by atoms with Gasteiger partial charge in [-0.15, -0.1) is 0 Å². The highest BCUT2D eigenvalue weighted by Crippen LogP contribution is 2.26. The first-order chi connectivity index (χ1) is 17.3. The molecule has 8 nitrogen and oxygen atoms in total. The molecule has 0 bridgehead atoms. The number of hydrogen-bond donors (Lipinski definition) is 2. The molecule has 0 spiro atoms. The fourth-order valence-corrected chi connectivity index (χ4v) is 4.01. The third kappa shape index (κ3) is 4.84. The Labute approximate surface area is 210 Å². The minimum absolute atomic E-state index is 0.0847. The molecular weight excluding hydrogens is 450 g/mol. The molecule has 5 aromatic rings. The van der Waals surface area contributed by atoms with Gasteiger partial charge in [0.1, 0.15) is 11.5 Å². The highest BCUT2D eigenvalue weighted by atomic mass is 16.2. The van der Waals surface area contributed by atoms with Crippen molar-refractivity contribution in [1.82, 2.24) is 29.5 Å². The lowest BCUT2D eigenvalue weighted by Gasteiger charge is -2.13. The standard InChI is InChI=1S/C28H29N7O/c1-28(2,3)24-16-26(34(4)33-24)32-27(36)31-17-19-5-7-21(8-6-19)23-18-30-25-15-22(11-14-35(23)25)20-9-12-29-13-10-20/h5-16,18H,17H2,1-4H3,(H2,31,32,36). The van der Waals surface area contributed by atoms with Crippen molar-refractivity contribution in [3.63, 3.8) is 0 Å². The molecule has 0 aliphatic rings. The molecule has 0 fully saturated rings. The van der Waals surface area contributed by atoms with Crippen LogP contribution in [0.1, 0.15) is 32.0 Å². The summed E-state index contributed by atoms with van der Waals surface area (Å²) in [6.45, 7) is 6.69. The van der Waals surface area contributed by atoms with Crippen molar-refractivity contribution in [2.45, 2.75) is 32.7 Å². The highest BCUT2D eigenvalue weighted by Gasteiger charge is 2.19. The number of aromatic nitrogens is 5. The first-order valence-electron chi connectivity index (χ1n) is 11.8. The Balaban J connectivity index is 1.24. The molecule has 2 N–H and O–H groups in total. The zero-order chi connectivity index (χ0) is 25.3. The Morgan fingerprint density at radius 3 is 2.39 bits per heavy atom. The molecule has 0 aliphatic carbocycles. The third-order valence-corrected chi connectivity index (χ3v) is 6.12. The second-order valence-electron chi connectivity index (χ2n) is 9.82. The number of carbonyl (C=O) groups excluding carboxylic acids is 1. The molecule has 1 aromatic carbocycles. The van der Waals surface area contributed by atoms with Crippen molar-refractivity contribution >= 4 is 17.5 Å². The van der Waals surface area contributed by atoms with Crippen LogP contribution in [0.2, 0.25) is 0 Å². The number of urea groups is 1. The summed E-state index contributed by atoms with van der Waals surface area (Å²) in [5.41, 5.74) is 7.00. The predicted octanol–water partition coefficient (Wildman–Crippen LogP) is 5.42. The average molecular weight is 480 g/mol. The van der Waals surface area contributed by atoms with Gasteiger partial charge in [0.25, 0.3) is 0 Å². The van der Waals surface area contributed by atoms with Crippen molar-refractivity contribution in [2.75, 3.05) is 5.32 Å². The number of nitrogens with one attached hydrogen (secondary N) is 2. The number of hydrogen-bond acceptors (Lipinski definition) is 4. The van der Waals surface area contributed by atoms with Crippen molar-refractivity contribution in [2.24, 2.45) is 7.05 Å². The van der Waals surface area contributed by atoms with Crippen LogP contribution in [0.25, 0.3) is 28.0 Å². The molecule has 0 atom stereocenters. The second-order valence-corrected chi connectivity index (χ2v) is 9.82. The SMILES string of the molecule is Cn1nc(C(C)(C)C)cc1NC(=O)NCc1ccc(-c2cnc3cc(-c4ccncc4)ccn23)cc1. The van der Waals surface area contributed by atoms with Gasteiger partial charge in [-0.1, -0.05) is 45.0 Å². The van der Waals surface area contributed by atoms with Crippen molar-refractivity contribution in [1.29, 1.82) is 0 Å². The van der Waals surface area contributed by atoms with E-state index in [1.807, 2.05) is 61.9 Å². The van der Waals surface area contributed by atoms with E-state index in [-0.39, 0.29) is 11.4 Å². The minimum atomic E-state index is -0.269. The molecule has 4 aromatic heterocycles. The maximum Gasteiger partial charge on any atom is 0.320 e. The summed E-state index contributed by atoms with van der Waals surface area (Å²) in [7, 11) is 1.82. The lowest BCUT2D eigenvalue weighted by molar-refractivity contribution is 0.251. The van der Waals surface area contributed by atoms with E-state index in [1.165, 1.54) is 0 Å². The van der Waals surface area contributed by atoms with Crippen LogP contribution in [0, 0.1) is 0 Å². The topological polar surface area (TPSA) is 89.1 Å². The Morgan fingerprint density at radius 2 is 1.69 bits per heavy atom. The summed E-state index contributed by atoms with van der Waals surface area (Å²) in [5.74, 6) is 0.660. The number of amides is 2. The van der Waals surface area contributed by atoms with E-state index in [2.05, 4.69) is 63.0 Å². The molecule has 2 amide bonds. The summed E-state index contributed by atoms with van der Waals surface area (Å²) >= 11 is 0. The van der Waals surface area contributed by atoms with Crippen LogP contribution in [0.5, 0.6) is 0 Å². The van der Waals surface area contributed by atoms with Crippen LogP contribution in [-0.2, 0) is 19.0 Å².